The molecule has 0 aromatic heterocycles. The first kappa shape index (κ1) is 56.5. The third-order valence-electron chi connectivity index (χ3n) is 10.6. The van der Waals surface area contributed by atoms with Crippen molar-refractivity contribution < 1.29 is 37.6 Å². The van der Waals surface area contributed by atoms with Gasteiger partial charge in [0.05, 0.1) is 13.2 Å². The van der Waals surface area contributed by atoms with Crippen molar-refractivity contribution in [1.82, 2.24) is 0 Å². The third kappa shape index (κ3) is 44.1. The van der Waals surface area contributed by atoms with Gasteiger partial charge in [0.2, 0.25) is 0 Å². The summed E-state index contributed by atoms with van der Waals surface area (Å²) < 4.78 is 32.8. The highest BCUT2D eigenvalue weighted by Crippen LogP contribution is 2.43. The van der Waals surface area contributed by atoms with E-state index >= 15 is 0 Å². The number of hydrogen-bond donors (Lipinski definition) is 2. The number of allylic oxidation sites excluding steroid dienone is 4. The second-order valence-corrected chi connectivity index (χ2v) is 17.8. The Hall–Kier alpha value is -1.51. The van der Waals surface area contributed by atoms with Gasteiger partial charge in [0.1, 0.15) is 6.61 Å². The number of rotatable bonds is 46. The van der Waals surface area contributed by atoms with E-state index < -0.39 is 32.5 Å². The summed E-state index contributed by atoms with van der Waals surface area (Å²) in [5, 5.41) is 0. The quantitative estimate of drug-likeness (QED) is 0.0266. The minimum atomic E-state index is -4.38. The van der Waals surface area contributed by atoms with Gasteiger partial charge in [0.25, 0.3) is 0 Å². The molecule has 0 spiro atoms. The van der Waals surface area contributed by atoms with E-state index in [1.165, 1.54) is 154 Å². The molecular weight excluding hydrogens is 750 g/mol. The standard InChI is InChI=1S/C48H92NO8P/c1-3-5-7-9-11-13-15-17-19-20-21-22-23-24-25-26-27-29-31-33-35-37-39-41-48(51)57-46(45-56-58(52,53)55-43-42-49)44-54-47(50)40-38-36-34-32-30-28-18-16-14-12-10-8-6-4-2/h16,18,33,35,46H,3-15,17,19-32,34,36-45,49H2,1-2H3,(H,52,53)/b18-16+,35-33+/t46-/m1/s1. The van der Waals surface area contributed by atoms with Crippen LogP contribution in [0.3, 0.4) is 0 Å². The van der Waals surface area contributed by atoms with Gasteiger partial charge in [0.15, 0.2) is 6.10 Å². The Labute approximate surface area is 357 Å². The molecule has 0 bridgehead atoms. The molecule has 0 aromatic rings. The summed E-state index contributed by atoms with van der Waals surface area (Å²) in [5.41, 5.74) is 5.35. The van der Waals surface area contributed by atoms with Crippen molar-refractivity contribution in [3.05, 3.63) is 24.3 Å². The van der Waals surface area contributed by atoms with E-state index in [1.54, 1.807) is 0 Å². The molecule has 0 aliphatic carbocycles. The fraction of sp³-hybridized carbons (Fsp3) is 0.875. The zero-order valence-electron chi connectivity index (χ0n) is 37.8. The molecule has 58 heavy (non-hydrogen) atoms. The number of phosphoric ester groups is 1. The van der Waals surface area contributed by atoms with Crippen molar-refractivity contribution >= 4 is 19.8 Å². The predicted molar refractivity (Wildman–Crippen MR) is 243 cm³/mol. The van der Waals surface area contributed by atoms with Gasteiger partial charge in [0, 0.05) is 19.4 Å². The number of hydrogen-bond acceptors (Lipinski definition) is 8. The van der Waals surface area contributed by atoms with Crippen molar-refractivity contribution in [2.75, 3.05) is 26.4 Å². The first-order valence-electron chi connectivity index (χ1n) is 24.3. The van der Waals surface area contributed by atoms with Gasteiger partial charge in [-0.1, -0.05) is 192 Å². The lowest BCUT2D eigenvalue weighted by Gasteiger charge is -2.19. The highest BCUT2D eigenvalue weighted by Gasteiger charge is 2.26. The summed E-state index contributed by atoms with van der Waals surface area (Å²) in [5.74, 6) is -0.867. The van der Waals surface area contributed by atoms with Crippen LogP contribution in [-0.2, 0) is 32.7 Å². The molecule has 10 heteroatoms. The van der Waals surface area contributed by atoms with Crippen LogP contribution in [0.2, 0.25) is 0 Å². The first-order chi connectivity index (χ1) is 28.3. The molecule has 3 N–H and O–H groups in total. The number of nitrogens with two attached hydrogens (primary N) is 1. The maximum absolute atomic E-state index is 12.6. The molecule has 1 unspecified atom stereocenters. The summed E-state index contributed by atoms with van der Waals surface area (Å²) in [6.07, 6.45) is 49.4. The van der Waals surface area contributed by atoms with Gasteiger partial charge >= 0.3 is 19.8 Å². The Bertz CT molecular complexity index is 1010. The number of esters is 2. The van der Waals surface area contributed by atoms with Crippen molar-refractivity contribution in [1.29, 1.82) is 0 Å². The third-order valence-corrected chi connectivity index (χ3v) is 11.5. The first-order valence-corrected chi connectivity index (χ1v) is 25.8. The lowest BCUT2D eigenvalue weighted by Crippen LogP contribution is -2.29. The Kier molecular flexibility index (Phi) is 43.9. The summed E-state index contributed by atoms with van der Waals surface area (Å²) in [7, 11) is -4.38. The number of carbonyl (C=O) groups excluding carboxylic acids is 2. The molecule has 0 aromatic carbocycles. The Balaban J connectivity index is 4.06. The molecule has 0 saturated carbocycles. The number of carbonyl (C=O) groups is 2. The van der Waals surface area contributed by atoms with E-state index in [1.807, 2.05) is 0 Å². The van der Waals surface area contributed by atoms with Gasteiger partial charge in [-0.05, 0) is 57.8 Å². The van der Waals surface area contributed by atoms with Crippen LogP contribution in [0.15, 0.2) is 24.3 Å². The van der Waals surface area contributed by atoms with E-state index in [-0.39, 0.29) is 32.6 Å². The lowest BCUT2D eigenvalue weighted by molar-refractivity contribution is -0.161. The Morgan fingerprint density at radius 3 is 1.28 bits per heavy atom. The molecule has 0 aliphatic rings. The van der Waals surface area contributed by atoms with Gasteiger partial charge in [-0.2, -0.15) is 0 Å². The molecule has 0 aliphatic heterocycles. The van der Waals surface area contributed by atoms with Crippen LogP contribution >= 0.6 is 7.82 Å². The smallest absolute Gasteiger partial charge is 0.462 e. The van der Waals surface area contributed by atoms with Gasteiger partial charge in [-0.15, -0.1) is 0 Å². The van der Waals surface area contributed by atoms with Crippen LogP contribution in [-0.4, -0.2) is 49.3 Å². The van der Waals surface area contributed by atoms with Crippen LogP contribution in [0.4, 0.5) is 0 Å². The highest BCUT2D eigenvalue weighted by molar-refractivity contribution is 7.47. The normalized spacial score (nSPS) is 13.4. The lowest BCUT2D eigenvalue weighted by atomic mass is 10.0. The molecule has 342 valence electrons. The molecule has 2 atom stereocenters. The molecule has 0 fully saturated rings. The second kappa shape index (κ2) is 45.0. The predicted octanol–water partition coefficient (Wildman–Crippen LogP) is 14.3. The van der Waals surface area contributed by atoms with E-state index in [0.717, 1.165) is 51.4 Å². The summed E-state index contributed by atoms with van der Waals surface area (Å²) >= 11 is 0. The SMILES string of the molecule is CCCCCCC/C=C/CCCCCCCC(=O)OC[C@H](COP(=O)(O)OCCN)OC(=O)CCC/C=C/CCCCCCCCCCCCCCCCCCCC. The van der Waals surface area contributed by atoms with Crippen LogP contribution in [0.25, 0.3) is 0 Å². The van der Waals surface area contributed by atoms with Gasteiger partial charge in [-0.25, -0.2) is 4.57 Å². The number of phosphoric acid groups is 1. The van der Waals surface area contributed by atoms with Crippen LogP contribution in [0.5, 0.6) is 0 Å². The molecule has 0 heterocycles. The minimum absolute atomic E-state index is 0.0499. The fourth-order valence-electron chi connectivity index (χ4n) is 6.93. The zero-order chi connectivity index (χ0) is 42.5. The molecular formula is C48H92NO8P. The molecule has 0 radical (unpaired) electrons. The van der Waals surface area contributed by atoms with E-state index in [4.69, 9.17) is 24.3 Å². The summed E-state index contributed by atoms with van der Waals surface area (Å²) in [6, 6.07) is 0. The Morgan fingerprint density at radius 1 is 0.500 bits per heavy atom. The summed E-state index contributed by atoms with van der Waals surface area (Å²) in [6.45, 7) is 3.72. The molecule has 0 rings (SSSR count). The average molecular weight is 842 g/mol. The van der Waals surface area contributed by atoms with Crippen molar-refractivity contribution in [2.45, 2.75) is 245 Å². The van der Waals surface area contributed by atoms with Crippen LogP contribution < -0.4 is 5.73 Å². The monoisotopic (exact) mass is 842 g/mol. The summed E-state index contributed by atoms with van der Waals surface area (Å²) in [4.78, 5) is 34.9. The molecule has 9 nitrogen and oxygen atoms in total. The highest BCUT2D eigenvalue weighted by atomic mass is 31.2. The van der Waals surface area contributed by atoms with Gasteiger partial charge < -0.3 is 20.1 Å². The fourth-order valence-corrected chi connectivity index (χ4v) is 7.69. The average Bonchev–Trinajstić information content (AvgIpc) is 3.21. The largest absolute Gasteiger partial charge is 0.472 e. The van der Waals surface area contributed by atoms with E-state index in [2.05, 4.69) is 38.2 Å². The second-order valence-electron chi connectivity index (χ2n) is 16.3. The van der Waals surface area contributed by atoms with Crippen molar-refractivity contribution in [3.63, 3.8) is 0 Å². The number of ether oxygens (including phenoxy) is 2. The van der Waals surface area contributed by atoms with E-state index in [9.17, 15) is 19.0 Å². The van der Waals surface area contributed by atoms with Crippen molar-refractivity contribution in [3.8, 4) is 0 Å². The van der Waals surface area contributed by atoms with Crippen LogP contribution in [0, 0.1) is 0 Å². The molecule has 0 amide bonds. The van der Waals surface area contributed by atoms with Crippen molar-refractivity contribution in [2.24, 2.45) is 5.73 Å². The van der Waals surface area contributed by atoms with E-state index in [0.29, 0.717) is 6.42 Å². The Morgan fingerprint density at radius 2 is 0.862 bits per heavy atom. The number of unbranched alkanes of at least 4 members (excludes halogenated alkanes) is 29. The zero-order valence-corrected chi connectivity index (χ0v) is 38.7. The maximum atomic E-state index is 12.6. The topological polar surface area (TPSA) is 134 Å². The van der Waals surface area contributed by atoms with Gasteiger partial charge in [-0.3, -0.25) is 18.6 Å². The molecule has 0 saturated heterocycles. The van der Waals surface area contributed by atoms with Crippen LogP contribution in [0.1, 0.15) is 239 Å². The maximum Gasteiger partial charge on any atom is 0.472 e. The minimum Gasteiger partial charge on any atom is -0.462 e.